The van der Waals surface area contributed by atoms with Crippen LogP contribution in [0.5, 0.6) is 5.75 Å². The van der Waals surface area contributed by atoms with Gasteiger partial charge in [-0.2, -0.15) is 0 Å². The van der Waals surface area contributed by atoms with Crippen LogP contribution in [0.4, 0.5) is 0 Å². The topological polar surface area (TPSA) is 202 Å². The van der Waals surface area contributed by atoms with Crippen LogP contribution in [0.1, 0.15) is 12.5 Å². The van der Waals surface area contributed by atoms with E-state index in [1.165, 1.54) is 30.4 Å². The number of aromatic hydroxyl groups is 1. The molecule has 1 aromatic rings. The highest BCUT2D eigenvalue weighted by Gasteiger charge is 2.52. The van der Waals surface area contributed by atoms with Crippen molar-refractivity contribution in [1.82, 2.24) is 0 Å². The number of hydrogen-bond acceptors (Lipinski definition) is 13. The van der Waals surface area contributed by atoms with Crippen molar-refractivity contribution in [1.29, 1.82) is 0 Å². The van der Waals surface area contributed by atoms with Crippen LogP contribution in [-0.4, -0.2) is 105 Å². The third-order valence-corrected chi connectivity index (χ3v) is 6.86. The maximum atomic E-state index is 12.6. The summed E-state index contributed by atoms with van der Waals surface area (Å²) in [4.78, 5) is 25.0. The summed E-state index contributed by atoms with van der Waals surface area (Å²) in [6.45, 7) is 0.696. The van der Waals surface area contributed by atoms with Crippen molar-refractivity contribution in [2.45, 2.75) is 50.0 Å². The van der Waals surface area contributed by atoms with Gasteiger partial charge in [-0.25, -0.2) is 9.59 Å². The van der Waals surface area contributed by atoms with E-state index in [0.717, 1.165) is 6.26 Å². The molecule has 0 aromatic heterocycles. The van der Waals surface area contributed by atoms with Gasteiger partial charge < -0.3 is 54.3 Å². The predicted molar refractivity (Wildman–Crippen MR) is 134 cm³/mol. The molecule has 1 saturated heterocycles. The molecule has 1 fully saturated rings. The van der Waals surface area contributed by atoms with Crippen molar-refractivity contribution in [2.75, 3.05) is 19.8 Å². The number of phenols is 1. The zero-order chi connectivity index (χ0) is 29.0. The summed E-state index contributed by atoms with van der Waals surface area (Å²) >= 11 is 0. The Morgan fingerprint density at radius 1 is 0.975 bits per heavy atom. The Morgan fingerprint density at radius 3 is 2.38 bits per heavy atom. The SMILES string of the molecule is CCOC(=O)C1=CO[C@@H](O[C@@H]2O[C@H](CO)[C@@H](O)[C@H](O)[C@H]2O)[C@@H]2C(COC(=O)/C=C/c3ccc(O)cc3)=C[C@H](O)[C@H]12. The lowest BCUT2D eigenvalue weighted by Gasteiger charge is -2.43. The van der Waals surface area contributed by atoms with Gasteiger partial charge in [0.15, 0.2) is 6.29 Å². The van der Waals surface area contributed by atoms with Crippen LogP contribution >= 0.6 is 0 Å². The van der Waals surface area contributed by atoms with E-state index in [1.54, 1.807) is 19.1 Å². The molecule has 13 nitrogen and oxygen atoms in total. The molecule has 6 N–H and O–H groups in total. The van der Waals surface area contributed by atoms with Crippen molar-refractivity contribution in [2.24, 2.45) is 11.8 Å². The number of aliphatic hydroxyl groups excluding tert-OH is 5. The minimum atomic E-state index is -1.73. The molecule has 1 aromatic carbocycles. The fraction of sp³-hybridized carbons (Fsp3) is 0.481. The van der Waals surface area contributed by atoms with Gasteiger partial charge in [-0.15, -0.1) is 0 Å². The number of hydrogen-bond donors (Lipinski definition) is 6. The predicted octanol–water partition coefficient (Wildman–Crippen LogP) is -0.898. The zero-order valence-electron chi connectivity index (χ0n) is 21.5. The second-order valence-corrected chi connectivity index (χ2v) is 9.45. The molecule has 13 heteroatoms. The van der Waals surface area contributed by atoms with Crippen molar-refractivity contribution in [3.63, 3.8) is 0 Å². The number of carbonyl (C=O) groups is 2. The molecule has 40 heavy (non-hydrogen) atoms. The lowest BCUT2D eigenvalue weighted by molar-refractivity contribution is -0.340. The first-order valence-corrected chi connectivity index (χ1v) is 12.7. The summed E-state index contributed by atoms with van der Waals surface area (Å²) < 4.78 is 27.3. The van der Waals surface area contributed by atoms with Gasteiger partial charge in [0.1, 0.15) is 36.8 Å². The number of aliphatic hydroxyl groups is 5. The van der Waals surface area contributed by atoms with Crippen LogP contribution in [0.25, 0.3) is 6.08 Å². The highest BCUT2D eigenvalue weighted by atomic mass is 16.8. The third-order valence-electron chi connectivity index (χ3n) is 6.86. The number of carbonyl (C=O) groups excluding carboxylic acids is 2. The lowest BCUT2D eigenvalue weighted by atomic mass is 9.82. The first kappa shape index (κ1) is 29.7. The number of ether oxygens (including phenoxy) is 5. The Labute approximate surface area is 229 Å². The Balaban J connectivity index is 1.52. The zero-order valence-corrected chi connectivity index (χ0v) is 21.5. The molecule has 4 rings (SSSR count). The number of phenolic OH excluding ortho intramolecular Hbond substituents is 1. The molecule has 0 spiro atoms. The van der Waals surface area contributed by atoms with Gasteiger partial charge in [0.25, 0.3) is 0 Å². The van der Waals surface area contributed by atoms with Gasteiger partial charge in [-0.05, 0) is 36.3 Å². The fourth-order valence-corrected chi connectivity index (χ4v) is 4.83. The van der Waals surface area contributed by atoms with Crippen LogP contribution < -0.4 is 0 Å². The quantitative estimate of drug-likeness (QED) is 0.123. The summed E-state index contributed by atoms with van der Waals surface area (Å²) in [5, 5.41) is 60.3. The number of fused-ring (bicyclic) bond motifs is 1. The van der Waals surface area contributed by atoms with Crippen LogP contribution in [0.3, 0.4) is 0 Å². The molecule has 0 unspecified atom stereocenters. The molecule has 9 atom stereocenters. The maximum Gasteiger partial charge on any atom is 0.337 e. The fourth-order valence-electron chi connectivity index (χ4n) is 4.83. The van der Waals surface area contributed by atoms with E-state index >= 15 is 0 Å². The van der Waals surface area contributed by atoms with Gasteiger partial charge >= 0.3 is 11.9 Å². The number of esters is 2. The molecule has 0 radical (unpaired) electrons. The van der Waals surface area contributed by atoms with Crippen molar-refractivity contribution in [3.8, 4) is 5.75 Å². The molecule has 1 aliphatic carbocycles. The minimum absolute atomic E-state index is 0.0119. The molecule has 0 bridgehead atoms. The molecule has 2 aliphatic heterocycles. The molecule has 3 aliphatic rings. The van der Waals surface area contributed by atoms with E-state index in [1.807, 2.05) is 0 Å². The molecule has 0 amide bonds. The van der Waals surface area contributed by atoms with E-state index in [9.17, 15) is 40.2 Å². The maximum absolute atomic E-state index is 12.6. The smallest absolute Gasteiger partial charge is 0.337 e. The Bertz CT molecular complexity index is 1140. The summed E-state index contributed by atoms with van der Waals surface area (Å²) in [6, 6.07) is 6.12. The van der Waals surface area contributed by atoms with Crippen molar-refractivity contribution in [3.05, 3.63) is 59.4 Å². The van der Waals surface area contributed by atoms with Crippen LogP contribution in [-0.2, 0) is 33.3 Å². The molecule has 0 saturated carbocycles. The van der Waals surface area contributed by atoms with Gasteiger partial charge in [-0.1, -0.05) is 18.2 Å². The normalized spacial score (nSPS) is 33.5. The van der Waals surface area contributed by atoms with Gasteiger partial charge in [0, 0.05) is 12.0 Å². The second-order valence-electron chi connectivity index (χ2n) is 9.45. The number of benzene rings is 1. The summed E-state index contributed by atoms with van der Waals surface area (Å²) in [7, 11) is 0. The third kappa shape index (κ3) is 6.36. The van der Waals surface area contributed by atoms with Gasteiger partial charge in [0.05, 0.1) is 37.1 Å². The second kappa shape index (κ2) is 12.9. The van der Waals surface area contributed by atoms with E-state index < -0.39 is 73.5 Å². The van der Waals surface area contributed by atoms with Gasteiger partial charge in [0.2, 0.25) is 6.29 Å². The highest BCUT2D eigenvalue weighted by molar-refractivity contribution is 5.89. The Morgan fingerprint density at radius 2 is 1.70 bits per heavy atom. The molecular formula is C27H32O13. The average Bonchev–Trinajstić information content (AvgIpc) is 3.28. The summed E-state index contributed by atoms with van der Waals surface area (Å²) in [6.07, 6.45) is -5.22. The van der Waals surface area contributed by atoms with Gasteiger partial charge in [-0.3, -0.25) is 0 Å². The standard InChI is InChI=1S/C27H32O13/c1-2-36-25(35)16-12-38-26(40-27-24(34)23(33)22(32)18(10-28)39-27)20-14(9-17(30)21(16)20)11-37-19(31)8-5-13-3-6-15(29)7-4-13/h3-9,12,17-18,20-24,26-30,32-34H,2,10-11H2,1H3/b8-5+/t17-,18+,20+,21-,22+,23-,24+,26-,27-/m0/s1. The average molecular weight is 565 g/mol. The largest absolute Gasteiger partial charge is 0.508 e. The first-order chi connectivity index (χ1) is 19.1. The monoisotopic (exact) mass is 564 g/mol. The van der Waals surface area contributed by atoms with Crippen molar-refractivity contribution >= 4 is 18.0 Å². The van der Waals surface area contributed by atoms with Crippen molar-refractivity contribution < 1.29 is 63.9 Å². The Hall–Kier alpha value is -3.30. The Kier molecular flexibility index (Phi) is 9.58. The van der Waals surface area contributed by atoms with Crippen LogP contribution in [0, 0.1) is 11.8 Å². The van der Waals surface area contributed by atoms with E-state index in [0.29, 0.717) is 11.1 Å². The molecule has 218 valence electrons. The first-order valence-electron chi connectivity index (χ1n) is 12.7. The summed E-state index contributed by atoms with van der Waals surface area (Å²) in [5.74, 6) is -3.21. The minimum Gasteiger partial charge on any atom is -0.508 e. The van der Waals surface area contributed by atoms with E-state index in [4.69, 9.17) is 23.7 Å². The van der Waals surface area contributed by atoms with Crippen LogP contribution in [0.15, 0.2) is 53.8 Å². The molecular weight excluding hydrogens is 532 g/mol. The van der Waals surface area contributed by atoms with Crippen LogP contribution in [0.2, 0.25) is 0 Å². The summed E-state index contributed by atoms with van der Waals surface area (Å²) in [5.41, 5.74) is 0.995. The van der Waals surface area contributed by atoms with E-state index in [2.05, 4.69) is 0 Å². The van der Waals surface area contributed by atoms with E-state index in [-0.39, 0.29) is 24.5 Å². The molecule has 2 heterocycles. The number of rotatable bonds is 9. The highest BCUT2D eigenvalue weighted by Crippen LogP contribution is 2.45. The lowest BCUT2D eigenvalue weighted by Crippen LogP contribution is -2.60.